The molecule has 0 spiro atoms. The molecule has 1 amide bonds. The fourth-order valence-electron chi connectivity index (χ4n) is 1.54. The summed E-state index contributed by atoms with van der Waals surface area (Å²) in [6, 6.07) is 5.34. The van der Waals surface area contributed by atoms with Gasteiger partial charge in [-0.2, -0.15) is 0 Å². The summed E-state index contributed by atoms with van der Waals surface area (Å²) in [6.07, 6.45) is 1.16. The van der Waals surface area contributed by atoms with E-state index in [0.29, 0.717) is 10.7 Å². The molecule has 0 radical (unpaired) electrons. The number of hydrogen-bond acceptors (Lipinski definition) is 3. The van der Waals surface area contributed by atoms with E-state index in [2.05, 4.69) is 26.2 Å². The SMILES string of the molecule is CCc1nc(CC(=O)Nc2ccc(Br)cc2Cl)cs1. The lowest BCUT2D eigenvalue weighted by Crippen LogP contribution is -2.14. The van der Waals surface area contributed by atoms with Crippen LogP contribution in [0.5, 0.6) is 0 Å². The van der Waals surface area contributed by atoms with E-state index in [9.17, 15) is 4.79 Å². The topological polar surface area (TPSA) is 42.0 Å². The van der Waals surface area contributed by atoms with Gasteiger partial charge in [-0.05, 0) is 24.6 Å². The van der Waals surface area contributed by atoms with Gasteiger partial charge in [0.1, 0.15) is 0 Å². The molecule has 0 aliphatic carbocycles. The van der Waals surface area contributed by atoms with Gasteiger partial charge in [0.15, 0.2) is 0 Å². The lowest BCUT2D eigenvalue weighted by atomic mass is 10.3. The van der Waals surface area contributed by atoms with E-state index < -0.39 is 0 Å². The maximum Gasteiger partial charge on any atom is 0.230 e. The Morgan fingerprint density at radius 1 is 1.53 bits per heavy atom. The van der Waals surface area contributed by atoms with E-state index in [-0.39, 0.29) is 12.3 Å². The van der Waals surface area contributed by atoms with Gasteiger partial charge in [0.05, 0.1) is 27.8 Å². The second-order valence-corrected chi connectivity index (χ2v) is 6.20. The zero-order valence-corrected chi connectivity index (χ0v) is 13.4. The van der Waals surface area contributed by atoms with E-state index in [0.717, 1.165) is 21.6 Å². The van der Waals surface area contributed by atoms with Crippen LogP contribution in [0.4, 0.5) is 5.69 Å². The molecule has 0 aliphatic heterocycles. The number of hydrogen-bond donors (Lipinski definition) is 1. The first-order valence-electron chi connectivity index (χ1n) is 5.76. The van der Waals surface area contributed by atoms with Crippen molar-refractivity contribution in [3.05, 3.63) is 43.8 Å². The fourth-order valence-corrected chi connectivity index (χ4v) is 3.01. The molecule has 2 aromatic rings. The van der Waals surface area contributed by atoms with Gasteiger partial charge in [-0.1, -0.05) is 34.5 Å². The summed E-state index contributed by atoms with van der Waals surface area (Å²) < 4.78 is 0.877. The number of halogens is 2. The molecule has 0 saturated carbocycles. The number of anilines is 1. The highest BCUT2D eigenvalue weighted by atomic mass is 79.9. The molecule has 2 rings (SSSR count). The third kappa shape index (κ3) is 4.03. The molecule has 1 aromatic heterocycles. The van der Waals surface area contributed by atoms with Gasteiger partial charge in [-0.25, -0.2) is 4.98 Å². The molecule has 1 N–H and O–H groups in total. The number of rotatable bonds is 4. The number of benzene rings is 1. The maximum absolute atomic E-state index is 11.9. The van der Waals surface area contributed by atoms with Gasteiger partial charge in [-0.15, -0.1) is 11.3 Å². The Bertz CT molecular complexity index is 600. The van der Waals surface area contributed by atoms with Gasteiger partial charge in [0, 0.05) is 9.85 Å². The predicted octanol–water partition coefficient (Wildman–Crippen LogP) is 4.30. The van der Waals surface area contributed by atoms with Crippen LogP contribution in [-0.4, -0.2) is 10.9 Å². The van der Waals surface area contributed by atoms with Gasteiger partial charge in [-0.3, -0.25) is 4.79 Å². The molecule has 6 heteroatoms. The number of amides is 1. The van der Waals surface area contributed by atoms with E-state index in [1.54, 1.807) is 23.5 Å². The van der Waals surface area contributed by atoms with Gasteiger partial charge in [0.2, 0.25) is 5.91 Å². The molecule has 3 nitrogen and oxygen atoms in total. The molecular formula is C13H12BrClN2OS. The quantitative estimate of drug-likeness (QED) is 0.884. The monoisotopic (exact) mass is 358 g/mol. The highest BCUT2D eigenvalue weighted by molar-refractivity contribution is 9.10. The van der Waals surface area contributed by atoms with Crippen LogP contribution < -0.4 is 5.32 Å². The summed E-state index contributed by atoms with van der Waals surface area (Å²) in [4.78, 5) is 16.3. The average molecular weight is 360 g/mol. The van der Waals surface area contributed by atoms with E-state index in [1.807, 2.05) is 18.4 Å². The molecule has 0 bridgehead atoms. The van der Waals surface area contributed by atoms with Crippen molar-refractivity contribution < 1.29 is 4.79 Å². The van der Waals surface area contributed by atoms with Gasteiger partial charge < -0.3 is 5.32 Å². The van der Waals surface area contributed by atoms with Crippen molar-refractivity contribution in [1.29, 1.82) is 0 Å². The zero-order chi connectivity index (χ0) is 13.8. The normalized spacial score (nSPS) is 10.5. The number of nitrogens with zero attached hydrogens (tertiary/aromatic N) is 1. The molecule has 0 saturated heterocycles. The van der Waals surface area contributed by atoms with Crippen molar-refractivity contribution in [2.75, 3.05) is 5.32 Å². The highest BCUT2D eigenvalue weighted by Gasteiger charge is 2.09. The van der Waals surface area contributed by atoms with Crippen LogP contribution in [0.2, 0.25) is 5.02 Å². The first-order valence-corrected chi connectivity index (χ1v) is 7.81. The Labute approximate surface area is 129 Å². The molecule has 0 aliphatic rings. The molecule has 0 fully saturated rings. The third-order valence-corrected chi connectivity index (χ3v) is 4.30. The van der Waals surface area contributed by atoms with Crippen LogP contribution in [0.15, 0.2) is 28.1 Å². The summed E-state index contributed by atoms with van der Waals surface area (Å²) in [5.74, 6) is -0.114. The second kappa shape index (κ2) is 6.50. The summed E-state index contributed by atoms with van der Waals surface area (Å²) >= 11 is 10.9. The maximum atomic E-state index is 11.9. The molecule has 19 heavy (non-hydrogen) atoms. The van der Waals surface area contributed by atoms with Gasteiger partial charge in [0.25, 0.3) is 0 Å². The average Bonchev–Trinajstić information content (AvgIpc) is 2.80. The second-order valence-electron chi connectivity index (χ2n) is 3.94. The van der Waals surface area contributed by atoms with Crippen LogP contribution in [-0.2, 0) is 17.6 Å². The number of carbonyl (C=O) groups is 1. The molecular weight excluding hydrogens is 348 g/mol. The Morgan fingerprint density at radius 2 is 2.32 bits per heavy atom. The standard InChI is InChI=1S/C13H12BrClN2OS/c1-2-13-16-9(7-19-13)6-12(18)17-11-4-3-8(14)5-10(11)15/h3-5,7H,2,6H2,1H3,(H,17,18). The van der Waals surface area contributed by atoms with Crippen LogP contribution in [0, 0.1) is 0 Å². The summed E-state index contributed by atoms with van der Waals surface area (Å²) in [5.41, 5.74) is 1.41. The van der Waals surface area contributed by atoms with E-state index in [4.69, 9.17) is 11.6 Å². The smallest absolute Gasteiger partial charge is 0.230 e. The molecule has 1 aromatic carbocycles. The minimum Gasteiger partial charge on any atom is -0.324 e. The van der Waals surface area contributed by atoms with Gasteiger partial charge >= 0.3 is 0 Å². The lowest BCUT2D eigenvalue weighted by molar-refractivity contribution is -0.115. The Kier molecular flexibility index (Phi) is 4.96. The minimum atomic E-state index is -0.114. The van der Waals surface area contributed by atoms with Crippen molar-refractivity contribution in [1.82, 2.24) is 4.98 Å². The molecule has 0 unspecified atom stereocenters. The predicted molar refractivity (Wildman–Crippen MR) is 83.0 cm³/mol. The number of thiazole rings is 1. The molecule has 0 atom stereocenters. The minimum absolute atomic E-state index is 0.114. The first-order chi connectivity index (χ1) is 9.08. The number of carbonyl (C=O) groups excluding carboxylic acids is 1. The Morgan fingerprint density at radius 3 is 2.95 bits per heavy atom. The summed E-state index contributed by atoms with van der Waals surface area (Å²) in [5, 5.41) is 6.26. The van der Waals surface area contributed by atoms with Crippen molar-refractivity contribution in [3.8, 4) is 0 Å². The van der Waals surface area contributed by atoms with Crippen LogP contribution in [0.3, 0.4) is 0 Å². The van der Waals surface area contributed by atoms with E-state index in [1.165, 1.54) is 0 Å². The largest absolute Gasteiger partial charge is 0.324 e. The van der Waals surface area contributed by atoms with Crippen molar-refractivity contribution in [3.63, 3.8) is 0 Å². The third-order valence-electron chi connectivity index (χ3n) is 2.45. The van der Waals surface area contributed by atoms with Crippen molar-refractivity contribution in [2.45, 2.75) is 19.8 Å². The molecule has 100 valence electrons. The number of aryl methyl sites for hydroxylation is 1. The van der Waals surface area contributed by atoms with Crippen LogP contribution >= 0.6 is 38.9 Å². The number of aromatic nitrogens is 1. The molecule has 1 heterocycles. The fraction of sp³-hybridized carbons (Fsp3) is 0.231. The Hall–Kier alpha value is -0.910. The lowest BCUT2D eigenvalue weighted by Gasteiger charge is -2.06. The van der Waals surface area contributed by atoms with Crippen molar-refractivity contribution >= 4 is 50.5 Å². The Balaban J connectivity index is 2.01. The van der Waals surface area contributed by atoms with Crippen molar-refractivity contribution in [2.24, 2.45) is 0 Å². The zero-order valence-electron chi connectivity index (χ0n) is 10.2. The summed E-state index contributed by atoms with van der Waals surface area (Å²) in [7, 11) is 0. The summed E-state index contributed by atoms with van der Waals surface area (Å²) in [6.45, 7) is 2.05. The van der Waals surface area contributed by atoms with Crippen LogP contribution in [0.1, 0.15) is 17.6 Å². The van der Waals surface area contributed by atoms with Crippen LogP contribution in [0.25, 0.3) is 0 Å². The highest BCUT2D eigenvalue weighted by Crippen LogP contribution is 2.25. The number of nitrogens with one attached hydrogen (secondary N) is 1. The first kappa shape index (κ1) is 14.5. The van der Waals surface area contributed by atoms with E-state index >= 15 is 0 Å².